The van der Waals surface area contributed by atoms with Crippen molar-refractivity contribution in [2.24, 2.45) is 5.41 Å². The Morgan fingerprint density at radius 1 is 1.30 bits per heavy atom. The van der Waals surface area contributed by atoms with Crippen LogP contribution in [-0.2, 0) is 15.7 Å². The van der Waals surface area contributed by atoms with Crippen molar-refractivity contribution in [2.45, 2.75) is 20.0 Å². The number of hydrogen-bond acceptors (Lipinski definition) is 3. The fourth-order valence-corrected chi connectivity index (χ4v) is 1.74. The lowest BCUT2D eigenvalue weighted by atomic mass is 9.95. The van der Waals surface area contributed by atoms with Crippen LogP contribution in [0.1, 0.15) is 19.4 Å². The molecule has 1 aromatic carbocycles. The van der Waals surface area contributed by atoms with E-state index in [1.807, 2.05) is 0 Å². The molecule has 0 radical (unpaired) electrons. The lowest BCUT2D eigenvalue weighted by Gasteiger charge is -2.22. The van der Waals surface area contributed by atoms with Crippen molar-refractivity contribution in [1.29, 1.82) is 0 Å². The number of carbonyl (C=O) groups is 1. The van der Waals surface area contributed by atoms with Gasteiger partial charge in [-0.1, -0.05) is 0 Å². The predicted octanol–water partition coefficient (Wildman–Crippen LogP) is 4.05. The molecule has 0 amide bonds. The van der Waals surface area contributed by atoms with Crippen molar-refractivity contribution >= 4 is 21.9 Å². The molecule has 0 N–H and O–H groups in total. The van der Waals surface area contributed by atoms with Gasteiger partial charge in [-0.3, -0.25) is 4.79 Å². The Bertz CT molecular complexity index is 498. The van der Waals surface area contributed by atoms with E-state index in [2.05, 4.69) is 20.7 Å². The molecule has 112 valence electrons. The standard InChI is InChI=1S/C13H14BrF3O3/c1-12(2,11(18)19-3)7-20-10-6-8(13(15,16)17)4-5-9(10)14/h4-6H,7H2,1-3H3. The summed E-state index contributed by atoms with van der Waals surface area (Å²) in [5.41, 5.74) is -1.77. The van der Waals surface area contributed by atoms with Crippen LogP contribution in [0.3, 0.4) is 0 Å². The molecule has 0 saturated heterocycles. The lowest BCUT2D eigenvalue weighted by Crippen LogP contribution is -2.32. The fraction of sp³-hybridized carbons (Fsp3) is 0.462. The first-order chi connectivity index (χ1) is 9.08. The highest BCUT2D eigenvalue weighted by Gasteiger charge is 2.32. The Morgan fingerprint density at radius 2 is 1.90 bits per heavy atom. The molecule has 0 unspecified atom stereocenters. The Hall–Kier alpha value is -1.24. The van der Waals surface area contributed by atoms with Crippen LogP contribution < -0.4 is 4.74 Å². The average molecular weight is 355 g/mol. The van der Waals surface area contributed by atoms with E-state index in [1.54, 1.807) is 13.8 Å². The van der Waals surface area contributed by atoms with Crippen LogP contribution in [0, 0.1) is 5.41 Å². The molecule has 0 bridgehead atoms. The predicted molar refractivity (Wildman–Crippen MR) is 70.4 cm³/mol. The van der Waals surface area contributed by atoms with Crippen molar-refractivity contribution in [3.8, 4) is 5.75 Å². The number of alkyl halides is 3. The zero-order chi connectivity index (χ0) is 15.6. The number of halogens is 4. The maximum Gasteiger partial charge on any atom is 0.416 e. The Morgan fingerprint density at radius 3 is 2.40 bits per heavy atom. The third-order valence-electron chi connectivity index (χ3n) is 2.59. The van der Waals surface area contributed by atoms with Gasteiger partial charge >= 0.3 is 12.1 Å². The minimum absolute atomic E-state index is 0.0248. The van der Waals surface area contributed by atoms with Gasteiger partial charge in [0, 0.05) is 0 Å². The Kier molecular flexibility index (Phi) is 5.07. The normalized spacial score (nSPS) is 12.2. The highest BCUT2D eigenvalue weighted by molar-refractivity contribution is 9.10. The summed E-state index contributed by atoms with van der Waals surface area (Å²) < 4.78 is 48.1. The molecule has 3 nitrogen and oxygen atoms in total. The minimum Gasteiger partial charge on any atom is -0.491 e. The van der Waals surface area contributed by atoms with Crippen molar-refractivity contribution in [1.82, 2.24) is 0 Å². The quantitative estimate of drug-likeness (QED) is 0.765. The van der Waals surface area contributed by atoms with Crippen LogP contribution >= 0.6 is 15.9 Å². The van der Waals surface area contributed by atoms with Gasteiger partial charge in [-0.15, -0.1) is 0 Å². The molecule has 7 heteroatoms. The Balaban J connectivity index is 2.91. The van der Waals surface area contributed by atoms with Crippen molar-refractivity contribution in [3.63, 3.8) is 0 Å². The zero-order valence-corrected chi connectivity index (χ0v) is 12.8. The molecule has 0 atom stereocenters. The number of esters is 1. The average Bonchev–Trinajstić information content (AvgIpc) is 2.35. The first kappa shape index (κ1) is 16.8. The summed E-state index contributed by atoms with van der Waals surface area (Å²) in [4.78, 5) is 11.5. The third kappa shape index (κ3) is 4.13. The summed E-state index contributed by atoms with van der Waals surface area (Å²) in [6, 6.07) is 3.09. The van der Waals surface area contributed by atoms with Gasteiger partial charge in [-0.25, -0.2) is 0 Å². The Labute approximate surface area is 123 Å². The molecule has 0 aromatic heterocycles. The summed E-state index contributed by atoms with van der Waals surface area (Å²) in [5.74, 6) is -0.475. The van der Waals surface area contributed by atoms with E-state index in [-0.39, 0.29) is 12.4 Å². The molecule has 1 aromatic rings. The number of hydrogen-bond donors (Lipinski definition) is 0. The fourth-order valence-electron chi connectivity index (χ4n) is 1.38. The zero-order valence-electron chi connectivity index (χ0n) is 11.2. The maximum absolute atomic E-state index is 12.6. The second kappa shape index (κ2) is 6.03. The molecule has 20 heavy (non-hydrogen) atoms. The van der Waals surface area contributed by atoms with E-state index in [4.69, 9.17) is 4.74 Å². The summed E-state index contributed by atoms with van der Waals surface area (Å²) in [7, 11) is 1.24. The van der Waals surface area contributed by atoms with Crippen LogP contribution in [0.2, 0.25) is 0 Å². The number of ether oxygens (including phenoxy) is 2. The van der Waals surface area contributed by atoms with E-state index < -0.39 is 23.1 Å². The van der Waals surface area contributed by atoms with E-state index in [0.717, 1.165) is 12.1 Å². The van der Waals surface area contributed by atoms with Crippen molar-refractivity contribution in [2.75, 3.05) is 13.7 Å². The maximum atomic E-state index is 12.6. The van der Waals surface area contributed by atoms with Crippen LogP contribution in [0.15, 0.2) is 22.7 Å². The molecule has 0 heterocycles. The second-order valence-corrected chi connectivity index (χ2v) is 5.66. The van der Waals surface area contributed by atoms with Gasteiger partial charge < -0.3 is 9.47 Å². The van der Waals surface area contributed by atoms with Crippen LogP contribution in [-0.4, -0.2) is 19.7 Å². The van der Waals surface area contributed by atoms with Crippen LogP contribution in [0.5, 0.6) is 5.75 Å². The van der Waals surface area contributed by atoms with Gasteiger partial charge in [0.2, 0.25) is 0 Å². The van der Waals surface area contributed by atoms with E-state index in [9.17, 15) is 18.0 Å². The number of rotatable bonds is 4. The molecule has 1 rings (SSSR count). The summed E-state index contributed by atoms with van der Waals surface area (Å²) in [6.07, 6.45) is -4.45. The monoisotopic (exact) mass is 354 g/mol. The molecular weight excluding hydrogens is 341 g/mol. The highest BCUT2D eigenvalue weighted by Crippen LogP contribution is 2.35. The lowest BCUT2D eigenvalue weighted by molar-refractivity contribution is -0.152. The van der Waals surface area contributed by atoms with E-state index >= 15 is 0 Å². The first-order valence-electron chi connectivity index (χ1n) is 5.66. The van der Waals surface area contributed by atoms with Gasteiger partial charge in [0.1, 0.15) is 12.4 Å². The molecular formula is C13H14BrF3O3. The van der Waals surface area contributed by atoms with Gasteiger partial charge in [0.05, 0.1) is 22.6 Å². The van der Waals surface area contributed by atoms with Crippen LogP contribution in [0.25, 0.3) is 0 Å². The summed E-state index contributed by atoms with van der Waals surface area (Å²) in [5, 5.41) is 0. The molecule has 0 spiro atoms. The number of carbonyl (C=O) groups excluding carboxylic acids is 1. The molecule has 0 aliphatic rings. The van der Waals surface area contributed by atoms with E-state index in [1.165, 1.54) is 13.2 Å². The van der Waals surface area contributed by atoms with Gasteiger partial charge in [0.15, 0.2) is 0 Å². The van der Waals surface area contributed by atoms with Crippen molar-refractivity contribution in [3.05, 3.63) is 28.2 Å². The number of methoxy groups -OCH3 is 1. The second-order valence-electron chi connectivity index (χ2n) is 4.81. The SMILES string of the molecule is COC(=O)C(C)(C)COc1cc(C(F)(F)F)ccc1Br. The molecule has 0 fully saturated rings. The van der Waals surface area contributed by atoms with Gasteiger partial charge in [-0.2, -0.15) is 13.2 Å². The molecule has 0 aliphatic carbocycles. The highest BCUT2D eigenvalue weighted by atomic mass is 79.9. The van der Waals surface area contributed by atoms with Gasteiger partial charge in [0.25, 0.3) is 0 Å². The van der Waals surface area contributed by atoms with E-state index in [0.29, 0.717) is 4.47 Å². The minimum atomic E-state index is -4.45. The largest absolute Gasteiger partial charge is 0.491 e. The summed E-state index contributed by atoms with van der Waals surface area (Å²) >= 11 is 3.11. The third-order valence-corrected chi connectivity index (χ3v) is 3.24. The number of benzene rings is 1. The van der Waals surface area contributed by atoms with Crippen LogP contribution in [0.4, 0.5) is 13.2 Å². The molecule has 0 saturated carbocycles. The molecule has 0 aliphatic heterocycles. The topological polar surface area (TPSA) is 35.5 Å². The smallest absolute Gasteiger partial charge is 0.416 e. The van der Waals surface area contributed by atoms with Crippen molar-refractivity contribution < 1.29 is 27.4 Å². The first-order valence-corrected chi connectivity index (χ1v) is 6.45. The van der Waals surface area contributed by atoms with Gasteiger partial charge in [-0.05, 0) is 48.0 Å². The summed E-state index contributed by atoms with van der Waals surface area (Å²) in [6.45, 7) is 3.07.